The number of rotatable bonds is 5. The SMILES string of the molecule is CCOc1cccc(C(=O)Nc2cc([N+](=O)[O-])ccc2C)c1. The third-order valence-electron chi connectivity index (χ3n) is 3.09. The molecule has 2 aromatic carbocycles. The second kappa shape index (κ2) is 6.71. The molecule has 6 nitrogen and oxygen atoms in total. The topological polar surface area (TPSA) is 81.5 Å². The van der Waals surface area contributed by atoms with Crippen LogP contribution in [0.15, 0.2) is 42.5 Å². The Balaban J connectivity index is 2.23. The number of amides is 1. The molecule has 0 spiro atoms. The van der Waals surface area contributed by atoms with Gasteiger partial charge in [-0.3, -0.25) is 14.9 Å². The standard InChI is InChI=1S/C16H16N2O4/c1-3-22-14-6-4-5-12(9-14)16(19)17-15-10-13(18(20)21)8-7-11(15)2/h4-10H,3H2,1-2H3,(H,17,19). The van der Waals surface area contributed by atoms with Crippen LogP contribution < -0.4 is 10.1 Å². The number of aryl methyl sites for hydroxylation is 1. The quantitative estimate of drug-likeness (QED) is 0.676. The molecule has 22 heavy (non-hydrogen) atoms. The number of carbonyl (C=O) groups excluding carboxylic acids is 1. The van der Waals surface area contributed by atoms with Gasteiger partial charge in [-0.15, -0.1) is 0 Å². The monoisotopic (exact) mass is 300 g/mol. The van der Waals surface area contributed by atoms with Crippen LogP contribution in [0.2, 0.25) is 0 Å². The van der Waals surface area contributed by atoms with Crippen LogP contribution in [0.1, 0.15) is 22.8 Å². The molecular weight excluding hydrogens is 284 g/mol. The van der Waals surface area contributed by atoms with E-state index in [0.717, 1.165) is 5.56 Å². The Bertz CT molecular complexity index is 713. The molecule has 0 fully saturated rings. The maximum Gasteiger partial charge on any atom is 0.271 e. The van der Waals surface area contributed by atoms with Crippen LogP contribution in [0.5, 0.6) is 5.75 Å². The summed E-state index contributed by atoms with van der Waals surface area (Å²) >= 11 is 0. The van der Waals surface area contributed by atoms with Crippen LogP contribution in [0.3, 0.4) is 0 Å². The van der Waals surface area contributed by atoms with Crippen molar-refractivity contribution >= 4 is 17.3 Å². The van der Waals surface area contributed by atoms with Crippen molar-refractivity contribution in [1.82, 2.24) is 0 Å². The zero-order valence-corrected chi connectivity index (χ0v) is 12.3. The van der Waals surface area contributed by atoms with Gasteiger partial charge in [-0.05, 0) is 37.6 Å². The van der Waals surface area contributed by atoms with Crippen molar-refractivity contribution < 1.29 is 14.5 Å². The number of benzene rings is 2. The largest absolute Gasteiger partial charge is 0.494 e. The van der Waals surface area contributed by atoms with E-state index in [9.17, 15) is 14.9 Å². The molecule has 0 bridgehead atoms. The van der Waals surface area contributed by atoms with Crippen molar-refractivity contribution in [3.63, 3.8) is 0 Å². The summed E-state index contributed by atoms with van der Waals surface area (Å²) in [6, 6.07) is 11.1. The summed E-state index contributed by atoms with van der Waals surface area (Å²) in [5, 5.41) is 13.5. The van der Waals surface area contributed by atoms with Crippen molar-refractivity contribution in [2.24, 2.45) is 0 Å². The molecule has 0 atom stereocenters. The summed E-state index contributed by atoms with van der Waals surface area (Å²) in [4.78, 5) is 22.6. The van der Waals surface area contributed by atoms with Gasteiger partial charge in [0.05, 0.1) is 17.2 Å². The van der Waals surface area contributed by atoms with Crippen LogP contribution in [0, 0.1) is 17.0 Å². The summed E-state index contributed by atoms with van der Waals surface area (Å²) < 4.78 is 5.35. The minimum atomic E-state index is -0.495. The fraction of sp³-hybridized carbons (Fsp3) is 0.188. The van der Waals surface area contributed by atoms with Gasteiger partial charge < -0.3 is 10.1 Å². The van der Waals surface area contributed by atoms with E-state index in [4.69, 9.17) is 4.74 Å². The van der Waals surface area contributed by atoms with Gasteiger partial charge in [-0.2, -0.15) is 0 Å². The van der Waals surface area contributed by atoms with Gasteiger partial charge in [-0.25, -0.2) is 0 Å². The molecular formula is C16H16N2O4. The molecule has 0 aromatic heterocycles. The lowest BCUT2D eigenvalue weighted by Crippen LogP contribution is -2.13. The van der Waals surface area contributed by atoms with E-state index >= 15 is 0 Å². The molecule has 0 saturated carbocycles. The van der Waals surface area contributed by atoms with Crippen LogP contribution in [0.4, 0.5) is 11.4 Å². The number of nitrogens with zero attached hydrogens (tertiary/aromatic N) is 1. The first-order valence-corrected chi connectivity index (χ1v) is 6.80. The number of nitro benzene ring substituents is 1. The molecule has 1 amide bonds. The first-order chi connectivity index (χ1) is 10.5. The Hall–Kier alpha value is -2.89. The average Bonchev–Trinajstić information content (AvgIpc) is 2.50. The van der Waals surface area contributed by atoms with Crippen LogP contribution >= 0.6 is 0 Å². The predicted octanol–water partition coefficient (Wildman–Crippen LogP) is 3.55. The molecule has 0 aliphatic carbocycles. The van der Waals surface area contributed by atoms with E-state index in [2.05, 4.69) is 5.32 Å². The number of hydrogen-bond donors (Lipinski definition) is 1. The third kappa shape index (κ3) is 3.60. The average molecular weight is 300 g/mol. The summed E-state index contributed by atoms with van der Waals surface area (Å²) in [5.74, 6) is 0.260. The molecule has 0 unspecified atom stereocenters. The third-order valence-corrected chi connectivity index (χ3v) is 3.09. The summed E-state index contributed by atoms with van der Waals surface area (Å²) in [6.45, 7) is 4.14. The van der Waals surface area contributed by atoms with Crippen molar-refractivity contribution in [2.45, 2.75) is 13.8 Å². The zero-order valence-electron chi connectivity index (χ0n) is 12.3. The fourth-order valence-electron chi connectivity index (χ4n) is 1.95. The van der Waals surface area contributed by atoms with E-state index < -0.39 is 4.92 Å². The van der Waals surface area contributed by atoms with Gasteiger partial charge in [0.15, 0.2) is 0 Å². The van der Waals surface area contributed by atoms with Crippen LogP contribution in [-0.4, -0.2) is 17.4 Å². The zero-order chi connectivity index (χ0) is 16.1. The van der Waals surface area contributed by atoms with E-state index in [1.165, 1.54) is 12.1 Å². The molecule has 0 radical (unpaired) electrons. The second-order valence-corrected chi connectivity index (χ2v) is 4.67. The predicted molar refractivity (Wildman–Crippen MR) is 83.4 cm³/mol. The molecule has 114 valence electrons. The normalized spacial score (nSPS) is 10.1. The van der Waals surface area contributed by atoms with Crippen molar-refractivity contribution in [3.05, 3.63) is 63.7 Å². The molecule has 0 aliphatic rings. The smallest absolute Gasteiger partial charge is 0.271 e. The second-order valence-electron chi connectivity index (χ2n) is 4.67. The molecule has 0 saturated heterocycles. The van der Waals surface area contributed by atoms with Crippen molar-refractivity contribution in [3.8, 4) is 5.75 Å². The van der Waals surface area contributed by atoms with Crippen molar-refractivity contribution in [1.29, 1.82) is 0 Å². The van der Waals surface area contributed by atoms with E-state index in [1.54, 1.807) is 37.3 Å². The summed E-state index contributed by atoms with van der Waals surface area (Å²) in [6.07, 6.45) is 0. The fourth-order valence-corrected chi connectivity index (χ4v) is 1.95. The van der Waals surface area contributed by atoms with Gasteiger partial charge in [-0.1, -0.05) is 12.1 Å². The molecule has 0 aliphatic heterocycles. The minimum Gasteiger partial charge on any atom is -0.494 e. The first-order valence-electron chi connectivity index (χ1n) is 6.80. The van der Waals surface area contributed by atoms with Gasteiger partial charge in [0.25, 0.3) is 11.6 Å². The van der Waals surface area contributed by atoms with E-state index in [1.807, 2.05) is 6.92 Å². The van der Waals surface area contributed by atoms with E-state index in [-0.39, 0.29) is 11.6 Å². The lowest BCUT2D eigenvalue weighted by atomic mass is 10.1. The van der Waals surface area contributed by atoms with Gasteiger partial charge >= 0.3 is 0 Å². The number of carbonyl (C=O) groups is 1. The molecule has 6 heteroatoms. The molecule has 2 rings (SSSR count). The highest BCUT2D eigenvalue weighted by molar-refractivity contribution is 6.05. The highest BCUT2D eigenvalue weighted by atomic mass is 16.6. The van der Waals surface area contributed by atoms with E-state index in [0.29, 0.717) is 23.6 Å². The number of nitro groups is 1. The lowest BCUT2D eigenvalue weighted by molar-refractivity contribution is -0.384. The molecule has 0 heterocycles. The van der Waals surface area contributed by atoms with Gasteiger partial charge in [0.1, 0.15) is 5.75 Å². The molecule has 2 aromatic rings. The lowest BCUT2D eigenvalue weighted by Gasteiger charge is -2.09. The summed E-state index contributed by atoms with van der Waals surface area (Å²) in [7, 11) is 0. The Morgan fingerprint density at radius 3 is 2.73 bits per heavy atom. The first kappa shape index (κ1) is 15.5. The van der Waals surface area contributed by atoms with Gasteiger partial charge in [0, 0.05) is 17.7 Å². The Kier molecular flexibility index (Phi) is 4.73. The highest BCUT2D eigenvalue weighted by Gasteiger charge is 2.12. The number of non-ortho nitro benzene ring substituents is 1. The maximum absolute atomic E-state index is 12.3. The Morgan fingerprint density at radius 2 is 2.05 bits per heavy atom. The Morgan fingerprint density at radius 1 is 1.27 bits per heavy atom. The molecule has 1 N–H and O–H groups in total. The maximum atomic E-state index is 12.3. The number of hydrogen-bond acceptors (Lipinski definition) is 4. The van der Waals surface area contributed by atoms with Gasteiger partial charge in [0.2, 0.25) is 0 Å². The minimum absolute atomic E-state index is 0.0658. The number of ether oxygens (including phenoxy) is 1. The summed E-state index contributed by atoms with van der Waals surface area (Å²) in [5.41, 5.74) is 1.53. The highest BCUT2D eigenvalue weighted by Crippen LogP contribution is 2.23. The van der Waals surface area contributed by atoms with Crippen LogP contribution in [-0.2, 0) is 0 Å². The Labute approximate surface area is 127 Å². The van der Waals surface area contributed by atoms with Crippen molar-refractivity contribution in [2.75, 3.05) is 11.9 Å². The van der Waals surface area contributed by atoms with Crippen LogP contribution in [0.25, 0.3) is 0 Å². The number of nitrogens with one attached hydrogen (secondary N) is 1. The number of anilines is 1.